The van der Waals surface area contributed by atoms with E-state index >= 15 is 0 Å². The van der Waals surface area contributed by atoms with Crippen LogP contribution in [0.1, 0.15) is 58.2 Å². The van der Waals surface area contributed by atoms with E-state index in [2.05, 4.69) is 5.16 Å². The van der Waals surface area contributed by atoms with Crippen LogP contribution in [0.5, 0.6) is 11.5 Å². The highest BCUT2D eigenvalue weighted by Gasteiger charge is 2.28. The fraction of sp³-hybridized carbons (Fsp3) is 0.464. The molecule has 2 aromatic carbocycles. The fourth-order valence-corrected chi connectivity index (χ4v) is 4.08. The Bertz CT molecular complexity index is 1250. The van der Waals surface area contributed by atoms with Gasteiger partial charge in [-0.25, -0.2) is 0 Å². The van der Waals surface area contributed by atoms with Crippen molar-refractivity contribution in [3.8, 4) is 11.5 Å². The molecule has 0 spiro atoms. The van der Waals surface area contributed by atoms with Gasteiger partial charge in [0.15, 0.2) is 11.5 Å². The van der Waals surface area contributed by atoms with Gasteiger partial charge in [-0.05, 0) is 76.5 Å². The molecule has 0 aliphatic rings. The predicted octanol–water partition coefficient (Wildman–Crippen LogP) is 4.78. The van der Waals surface area contributed by atoms with Gasteiger partial charge in [-0.2, -0.15) is 5.06 Å². The van der Waals surface area contributed by atoms with E-state index < -0.39 is 22.3 Å². The van der Waals surface area contributed by atoms with Crippen molar-refractivity contribution < 1.29 is 37.4 Å². The molecular weight excluding hydrogens is 538 g/mol. The molecule has 0 bridgehead atoms. The van der Waals surface area contributed by atoms with Crippen molar-refractivity contribution in [2.24, 2.45) is 10.9 Å². The second kappa shape index (κ2) is 13.7. The van der Waals surface area contributed by atoms with Crippen LogP contribution in [0.15, 0.2) is 41.6 Å². The molecule has 0 saturated heterocycles. The van der Waals surface area contributed by atoms with Gasteiger partial charge < -0.3 is 34.1 Å². The summed E-state index contributed by atoms with van der Waals surface area (Å²) >= 11 is -2.47. The molecule has 2 N–H and O–H groups in total. The van der Waals surface area contributed by atoms with Crippen molar-refractivity contribution in [3.63, 3.8) is 0 Å². The molecule has 2 aromatic rings. The van der Waals surface area contributed by atoms with E-state index in [0.717, 1.165) is 0 Å². The molecule has 2 rings (SSSR count). The highest BCUT2D eigenvalue weighted by atomic mass is 32.2. The highest BCUT2D eigenvalue weighted by Crippen LogP contribution is 2.40. The summed E-state index contributed by atoms with van der Waals surface area (Å²) in [6.07, 6.45) is 0. The Hall–Kier alpha value is -3.48. The Labute approximate surface area is 239 Å². The third-order valence-electron chi connectivity index (χ3n) is 5.09. The number of hydrogen-bond donors (Lipinski definition) is 1. The molecule has 0 amide bonds. The number of guanidine groups is 1. The second-order valence-corrected chi connectivity index (χ2v) is 11.4. The van der Waals surface area contributed by atoms with Gasteiger partial charge in [-0.15, -0.1) is 0 Å². The van der Waals surface area contributed by atoms with Gasteiger partial charge in [0.05, 0.1) is 39.6 Å². The van der Waals surface area contributed by atoms with Gasteiger partial charge in [0.25, 0.3) is 5.96 Å². The number of oxime groups is 1. The number of anilines is 1. The summed E-state index contributed by atoms with van der Waals surface area (Å²) in [5.41, 5.74) is 6.65. The van der Waals surface area contributed by atoms with Gasteiger partial charge in [0.2, 0.25) is 0 Å². The summed E-state index contributed by atoms with van der Waals surface area (Å²) in [5.74, 6) is 0.936. The van der Waals surface area contributed by atoms with Crippen LogP contribution < -0.4 is 20.3 Å². The van der Waals surface area contributed by atoms with Crippen LogP contribution >= 0.6 is 0 Å². The van der Waals surface area contributed by atoms with E-state index in [4.69, 9.17) is 34.4 Å². The predicted molar refractivity (Wildman–Crippen MR) is 155 cm³/mol. The lowest BCUT2D eigenvalue weighted by Crippen LogP contribution is -2.43. The molecule has 1 atom stereocenters. The number of rotatable bonds is 11. The van der Waals surface area contributed by atoms with E-state index in [-0.39, 0.29) is 17.5 Å². The van der Waals surface area contributed by atoms with Crippen LogP contribution in [-0.2, 0) is 36.0 Å². The van der Waals surface area contributed by atoms with Crippen LogP contribution in [0.25, 0.3) is 11.5 Å². The standard InChI is InChI=1S/C28H41N3O8S/c1-27(2,3)38-30-26(29)31(39-28(4,5)6)21-15-18(17-40(32)33)20(16-23(21)35-8)25(37-10)24(36-9)19-13-11-12-14-22(19)34-7/h11-16H,17H2,1-10H3,(H2,29,30)(H,32,33)/p-1. The van der Waals surface area contributed by atoms with Crippen LogP contribution in [-0.4, -0.2) is 54.4 Å². The molecule has 1 unspecified atom stereocenters. The van der Waals surface area contributed by atoms with Crippen molar-refractivity contribution in [1.29, 1.82) is 0 Å². The lowest BCUT2D eigenvalue weighted by atomic mass is 10.0. The molecule has 0 fully saturated rings. The minimum atomic E-state index is -2.47. The molecule has 0 saturated carbocycles. The molecule has 0 aliphatic carbocycles. The summed E-state index contributed by atoms with van der Waals surface area (Å²) in [7, 11) is 5.96. The molecular formula is C28H40N3O8S-. The van der Waals surface area contributed by atoms with Gasteiger partial charge in [0.1, 0.15) is 22.8 Å². The topological polar surface area (TPSA) is 137 Å². The van der Waals surface area contributed by atoms with Crippen LogP contribution in [0.4, 0.5) is 5.69 Å². The van der Waals surface area contributed by atoms with Gasteiger partial charge in [-0.1, -0.05) is 23.2 Å². The first-order valence-electron chi connectivity index (χ1n) is 12.4. The van der Waals surface area contributed by atoms with E-state index in [1.54, 1.807) is 31.4 Å². The van der Waals surface area contributed by atoms with Gasteiger partial charge >= 0.3 is 0 Å². The summed E-state index contributed by atoms with van der Waals surface area (Å²) in [6, 6.07) is 10.4. The zero-order valence-electron chi connectivity index (χ0n) is 24.8. The number of para-hydroxylation sites is 1. The average molecular weight is 579 g/mol. The van der Waals surface area contributed by atoms with Gasteiger partial charge in [0, 0.05) is 11.3 Å². The minimum absolute atomic E-state index is 0.126. The van der Waals surface area contributed by atoms with Crippen molar-refractivity contribution in [2.75, 3.05) is 33.5 Å². The fourth-order valence-electron chi connectivity index (χ4n) is 3.59. The molecule has 0 heterocycles. The zero-order valence-corrected chi connectivity index (χ0v) is 25.6. The first kappa shape index (κ1) is 32.7. The normalized spacial score (nSPS) is 13.7. The van der Waals surface area contributed by atoms with Crippen LogP contribution in [0.3, 0.4) is 0 Å². The molecule has 0 aliphatic heterocycles. The number of hydroxylamine groups is 1. The van der Waals surface area contributed by atoms with Crippen molar-refractivity contribution >= 4 is 34.2 Å². The Morgan fingerprint density at radius 1 is 0.900 bits per heavy atom. The largest absolute Gasteiger partial charge is 0.772 e. The number of benzene rings is 2. The number of methoxy groups -OCH3 is 4. The van der Waals surface area contributed by atoms with E-state index in [0.29, 0.717) is 39.6 Å². The van der Waals surface area contributed by atoms with Crippen molar-refractivity contribution in [1.82, 2.24) is 0 Å². The Morgan fingerprint density at radius 3 is 1.98 bits per heavy atom. The van der Waals surface area contributed by atoms with E-state index in [9.17, 15) is 8.76 Å². The van der Waals surface area contributed by atoms with Crippen LogP contribution in [0.2, 0.25) is 0 Å². The summed E-state index contributed by atoms with van der Waals surface area (Å²) in [6.45, 7) is 11.0. The molecule has 12 heteroatoms. The smallest absolute Gasteiger partial charge is 0.262 e. The molecule has 11 nitrogen and oxygen atoms in total. The monoisotopic (exact) mass is 578 g/mol. The SMILES string of the molecule is COC(=C(OC)c1ccccc1OC)c1cc(OC)c(N(OC(C)(C)C)C(N)=NOC(C)(C)C)cc1CS(=O)[O-]. The number of nitrogens with zero attached hydrogens (tertiary/aromatic N) is 2. The van der Waals surface area contributed by atoms with E-state index in [1.807, 2.05) is 53.7 Å². The number of ether oxygens (including phenoxy) is 4. The summed E-state index contributed by atoms with van der Waals surface area (Å²) < 4.78 is 46.8. The molecule has 0 aromatic heterocycles. The Balaban J connectivity index is 2.91. The van der Waals surface area contributed by atoms with Gasteiger partial charge in [-0.3, -0.25) is 9.05 Å². The maximum atomic E-state index is 12.0. The van der Waals surface area contributed by atoms with Crippen molar-refractivity contribution in [3.05, 3.63) is 53.1 Å². The quantitative estimate of drug-likeness (QED) is 0.0990. The molecule has 222 valence electrons. The second-order valence-electron chi connectivity index (χ2n) is 10.5. The number of hydrogen-bond acceptors (Lipinski definition) is 9. The third kappa shape index (κ3) is 8.77. The first-order chi connectivity index (χ1) is 18.6. The Morgan fingerprint density at radius 2 is 1.48 bits per heavy atom. The maximum absolute atomic E-state index is 12.0. The number of nitrogens with two attached hydrogens (primary N) is 1. The zero-order chi connectivity index (χ0) is 30.3. The molecule has 40 heavy (non-hydrogen) atoms. The minimum Gasteiger partial charge on any atom is -0.772 e. The van der Waals surface area contributed by atoms with Crippen LogP contribution in [0, 0.1) is 0 Å². The first-order valence-corrected chi connectivity index (χ1v) is 13.6. The van der Waals surface area contributed by atoms with E-state index in [1.165, 1.54) is 26.4 Å². The summed E-state index contributed by atoms with van der Waals surface area (Å²) in [4.78, 5) is 11.6. The average Bonchev–Trinajstić information content (AvgIpc) is 2.87. The summed E-state index contributed by atoms with van der Waals surface area (Å²) in [5, 5.41) is 5.30. The Kier molecular flexibility index (Phi) is 11.2. The highest BCUT2D eigenvalue weighted by molar-refractivity contribution is 7.78. The maximum Gasteiger partial charge on any atom is 0.262 e. The lowest BCUT2D eigenvalue weighted by Gasteiger charge is -2.32. The lowest BCUT2D eigenvalue weighted by molar-refractivity contribution is -0.0144. The molecule has 0 radical (unpaired) electrons. The third-order valence-corrected chi connectivity index (χ3v) is 5.64. The van der Waals surface area contributed by atoms with Crippen molar-refractivity contribution in [2.45, 2.75) is 58.5 Å².